The van der Waals surface area contributed by atoms with Crippen LogP contribution in [0.5, 0.6) is 5.75 Å². The van der Waals surface area contributed by atoms with Crippen molar-refractivity contribution in [1.82, 2.24) is 0 Å². The van der Waals surface area contributed by atoms with Gasteiger partial charge in [-0.05, 0) is 12.0 Å². The van der Waals surface area contributed by atoms with Crippen LogP contribution in [0.15, 0.2) is 17.2 Å². The lowest BCUT2D eigenvalue weighted by Crippen LogP contribution is -2.20. The number of rotatable bonds is 6. The number of phenols is 1. The second-order valence-corrected chi connectivity index (χ2v) is 3.87. The minimum Gasteiger partial charge on any atom is -0.502 e. The van der Waals surface area contributed by atoms with Gasteiger partial charge < -0.3 is 15.3 Å². The van der Waals surface area contributed by atoms with Crippen LogP contribution in [-0.4, -0.2) is 32.9 Å². The zero-order valence-electron chi connectivity index (χ0n) is 10.0. The van der Waals surface area contributed by atoms with E-state index in [1.165, 1.54) is 0 Å². The van der Waals surface area contributed by atoms with Gasteiger partial charge in [0.25, 0.3) is 0 Å². The van der Waals surface area contributed by atoms with E-state index in [0.717, 1.165) is 0 Å². The molecule has 0 fully saturated rings. The highest BCUT2D eigenvalue weighted by molar-refractivity contribution is 5.49. The summed E-state index contributed by atoms with van der Waals surface area (Å²) in [5, 5.41) is 42.3. The lowest BCUT2D eigenvalue weighted by Gasteiger charge is -2.18. The molecule has 0 heterocycles. The number of aliphatic hydroxyl groups excluding tert-OH is 2. The van der Waals surface area contributed by atoms with Crippen molar-refractivity contribution in [1.29, 1.82) is 0 Å². The molecule has 0 spiro atoms. The fraction of sp³-hybridized carbons (Fsp3) is 0.400. The number of hydrogen-bond acceptors (Lipinski definition) is 6. The van der Waals surface area contributed by atoms with Crippen molar-refractivity contribution in [2.75, 3.05) is 6.54 Å². The first kappa shape index (κ1) is 15.6. The van der Waals surface area contributed by atoms with Crippen molar-refractivity contribution < 1.29 is 24.6 Å². The van der Waals surface area contributed by atoms with Gasteiger partial charge in [0.05, 0.1) is 11.0 Å². The Kier molecular flexibility index (Phi) is 5.21. The maximum absolute atomic E-state index is 13.6. The van der Waals surface area contributed by atoms with Gasteiger partial charge in [0, 0.05) is 29.2 Å². The summed E-state index contributed by atoms with van der Waals surface area (Å²) in [6.45, 7) is -0.128. The largest absolute Gasteiger partial charge is 0.502 e. The number of nitro groups is 1. The molecule has 1 aromatic rings. The van der Waals surface area contributed by atoms with E-state index in [0.29, 0.717) is 12.1 Å². The fourth-order valence-corrected chi connectivity index (χ4v) is 1.54. The van der Waals surface area contributed by atoms with Gasteiger partial charge in [0.1, 0.15) is 11.9 Å². The van der Waals surface area contributed by atoms with Gasteiger partial charge in [-0.25, -0.2) is 4.39 Å². The Balaban J connectivity index is 3.02. The van der Waals surface area contributed by atoms with Crippen LogP contribution in [0.25, 0.3) is 10.4 Å². The SMILES string of the molecule is [N-]=[N+]=NCCC(O)C(O)c1cc([N+](=O)[O-])c(O)cc1F. The second-order valence-electron chi connectivity index (χ2n) is 3.87. The van der Waals surface area contributed by atoms with E-state index in [4.69, 9.17) is 5.53 Å². The van der Waals surface area contributed by atoms with Gasteiger partial charge in [-0.2, -0.15) is 0 Å². The highest BCUT2D eigenvalue weighted by atomic mass is 19.1. The molecular formula is C10H11FN4O5. The lowest BCUT2D eigenvalue weighted by atomic mass is 10.0. The van der Waals surface area contributed by atoms with Crippen LogP contribution < -0.4 is 0 Å². The number of nitrogens with zero attached hydrogens (tertiary/aromatic N) is 4. The molecular weight excluding hydrogens is 275 g/mol. The predicted octanol–water partition coefficient (Wildman–Crippen LogP) is 1.53. The Hall–Kier alpha value is -2.42. The van der Waals surface area contributed by atoms with Crippen LogP contribution in [0.3, 0.4) is 0 Å². The van der Waals surface area contributed by atoms with Gasteiger partial charge >= 0.3 is 5.69 Å². The molecule has 9 nitrogen and oxygen atoms in total. The van der Waals surface area contributed by atoms with E-state index in [-0.39, 0.29) is 13.0 Å². The number of aliphatic hydroxyl groups is 2. The standard InChI is InChI=1S/C10H11FN4O5/c11-6-4-9(17)7(15(19)20)3-5(6)10(18)8(16)1-2-13-14-12/h3-4,8,10,16-18H,1-2H2. The molecule has 20 heavy (non-hydrogen) atoms. The van der Waals surface area contributed by atoms with E-state index in [2.05, 4.69) is 10.0 Å². The van der Waals surface area contributed by atoms with Crippen molar-refractivity contribution in [3.05, 3.63) is 44.1 Å². The van der Waals surface area contributed by atoms with Gasteiger partial charge in [0.15, 0.2) is 5.75 Å². The van der Waals surface area contributed by atoms with Crippen molar-refractivity contribution in [2.45, 2.75) is 18.6 Å². The lowest BCUT2D eigenvalue weighted by molar-refractivity contribution is -0.386. The van der Waals surface area contributed by atoms with Crippen LogP contribution in [0.1, 0.15) is 18.1 Å². The maximum atomic E-state index is 13.6. The molecule has 0 saturated heterocycles. The monoisotopic (exact) mass is 286 g/mol. The third-order valence-electron chi connectivity index (χ3n) is 2.56. The van der Waals surface area contributed by atoms with Crippen LogP contribution in [0.2, 0.25) is 0 Å². The third-order valence-corrected chi connectivity index (χ3v) is 2.56. The molecule has 0 radical (unpaired) electrons. The van der Waals surface area contributed by atoms with Crippen molar-refractivity contribution in [3.63, 3.8) is 0 Å². The summed E-state index contributed by atoms with van der Waals surface area (Å²) in [5.41, 5.74) is 6.74. The number of hydrogen-bond donors (Lipinski definition) is 3. The summed E-state index contributed by atoms with van der Waals surface area (Å²) < 4.78 is 13.6. The molecule has 1 aromatic carbocycles. The molecule has 1 rings (SSSR count). The molecule has 10 heteroatoms. The average molecular weight is 286 g/mol. The average Bonchev–Trinajstić information content (AvgIpc) is 2.37. The predicted molar refractivity (Wildman–Crippen MR) is 64.3 cm³/mol. The van der Waals surface area contributed by atoms with Gasteiger partial charge in [-0.1, -0.05) is 5.11 Å². The van der Waals surface area contributed by atoms with Crippen LogP contribution in [-0.2, 0) is 0 Å². The molecule has 0 amide bonds. The highest BCUT2D eigenvalue weighted by Crippen LogP contribution is 2.32. The van der Waals surface area contributed by atoms with E-state index >= 15 is 0 Å². The highest BCUT2D eigenvalue weighted by Gasteiger charge is 2.26. The van der Waals surface area contributed by atoms with E-state index in [9.17, 15) is 29.8 Å². The molecule has 2 unspecified atom stereocenters. The van der Waals surface area contributed by atoms with Gasteiger partial charge in [0.2, 0.25) is 0 Å². The summed E-state index contributed by atoms with van der Waals surface area (Å²) in [4.78, 5) is 12.1. The Morgan fingerprint density at radius 1 is 1.50 bits per heavy atom. The molecule has 2 atom stereocenters. The smallest absolute Gasteiger partial charge is 0.311 e. The Morgan fingerprint density at radius 2 is 2.15 bits per heavy atom. The summed E-state index contributed by atoms with van der Waals surface area (Å²) in [5.74, 6) is -1.98. The second kappa shape index (κ2) is 6.66. The van der Waals surface area contributed by atoms with Crippen molar-refractivity contribution in [3.8, 4) is 5.75 Å². The van der Waals surface area contributed by atoms with Crippen LogP contribution in [0.4, 0.5) is 10.1 Å². The minimum absolute atomic E-state index is 0.128. The number of phenolic OH excluding ortho intramolecular Hbond substituents is 1. The summed E-state index contributed by atoms with van der Waals surface area (Å²) in [6.07, 6.45) is -3.37. The number of nitro benzene ring substituents is 1. The Bertz CT molecular complexity index is 561. The zero-order valence-corrected chi connectivity index (χ0v) is 10.0. The Morgan fingerprint density at radius 3 is 2.70 bits per heavy atom. The number of azide groups is 1. The van der Waals surface area contributed by atoms with Crippen LogP contribution in [0, 0.1) is 15.9 Å². The van der Waals surface area contributed by atoms with Crippen LogP contribution >= 0.6 is 0 Å². The first-order chi connectivity index (χ1) is 9.38. The Labute approximate surface area is 111 Å². The summed E-state index contributed by atoms with van der Waals surface area (Å²) in [7, 11) is 0. The molecule has 3 N–H and O–H groups in total. The fourth-order valence-electron chi connectivity index (χ4n) is 1.54. The normalized spacial score (nSPS) is 13.3. The van der Waals surface area contributed by atoms with E-state index < -0.39 is 39.9 Å². The van der Waals surface area contributed by atoms with Crippen molar-refractivity contribution >= 4 is 5.69 Å². The molecule has 108 valence electrons. The number of aromatic hydroxyl groups is 1. The van der Waals surface area contributed by atoms with Gasteiger partial charge in [-0.3, -0.25) is 10.1 Å². The topological polar surface area (TPSA) is 153 Å². The van der Waals surface area contributed by atoms with Crippen molar-refractivity contribution in [2.24, 2.45) is 5.11 Å². The summed E-state index contributed by atoms with van der Waals surface area (Å²) >= 11 is 0. The number of benzene rings is 1. The zero-order chi connectivity index (χ0) is 15.3. The first-order valence-corrected chi connectivity index (χ1v) is 5.42. The molecule has 0 aliphatic heterocycles. The molecule has 0 bridgehead atoms. The number of halogens is 1. The van der Waals surface area contributed by atoms with E-state index in [1.54, 1.807) is 0 Å². The molecule has 0 aliphatic rings. The van der Waals surface area contributed by atoms with Gasteiger partial charge in [-0.15, -0.1) is 0 Å². The minimum atomic E-state index is -1.75. The first-order valence-electron chi connectivity index (χ1n) is 5.42. The maximum Gasteiger partial charge on any atom is 0.311 e. The molecule has 0 aliphatic carbocycles. The van der Waals surface area contributed by atoms with E-state index in [1.807, 2.05) is 0 Å². The quantitative estimate of drug-likeness (QED) is 0.238. The summed E-state index contributed by atoms with van der Waals surface area (Å²) in [6, 6.07) is 1.13. The molecule has 0 aromatic heterocycles. The molecule has 0 saturated carbocycles. The third kappa shape index (κ3) is 3.54.